The molecule has 122 valence electrons. The lowest BCUT2D eigenvalue weighted by atomic mass is 10.1. The van der Waals surface area contributed by atoms with Gasteiger partial charge >= 0.3 is 0 Å². The maximum Gasteiger partial charge on any atom is 0.246 e. The van der Waals surface area contributed by atoms with Gasteiger partial charge in [0.05, 0.1) is 5.69 Å². The molecule has 1 N–H and O–H groups in total. The Hall–Kier alpha value is -3.08. The summed E-state index contributed by atoms with van der Waals surface area (Å²) in [4.78, 5) is 12.2. The van der Waals surface area contributed by atoms with Crippen LogP contribution in [0.2, 0.25) is 0 Å². The van der Waals surface area contributed by atoms with Crippen LogP contribution in [0.4, 0.5) is 5.69 Å². The van der Waals surface area contributed by atoms with Gasteiger partial charge in [0.1, 0.15) is 18.4 Å². The van der Waals surface area contributed by atoms with Crippen molar-refractivity contribution in [3.05, 3.63) is 78.6 Å². The van der Waals surface area contributed by atoms with Gasteiger partial charge < -0.3 is 10.1 Å². The van der Waals surface area contributed by atoms with Gasteiger partial charge in [-0.05, 0) is 30.7 Å². The number of anilines is 1. The van der Waals surface area contributed by atoms with E-state index in [2.05, 4.69) is 10.4 Å². The number of nitrogens with zero attached hydrogens (tertiary/aromatic N) is 2. The van der Waals surface area contributed by atoms with Crippen molar-refractivity contribution in [2.75, 3.05) is 5.32 Å². The smallest absolute Gasteiger partial charge is 0.246 e. The number of para-hydroxylation sites is 2. The number of nitrogens with one attached hydrogen (secondary N) is 1. The average molecular weight is 321 g/mol. The Labute approximate surface area is 140 Å². The van der Waals surface area contributed by atoms with Crippen molar-refractivity contribution >= 4 is 11.6 Å². The first-order valence-corrected chi connectivity index (χ1v) is 7.80. The summed E-state index contributed by atoms with van der Waals surface area (Å²) in [5, 5.41) is 6.91. The van der Waals surface area contributed by atoms with Crippen LogP contribution in [0.25, 0.3) is 0 Å². The normalized spacial score (nSPS) is 11.7. The standard InChI is InChI=1S/C19H19N3O2/c1-15(16-8-3-2-4-9-16)24-18-11-6-5-10-17(18)21-19(23)14-22-13-7-12-20-22/h2-13,15H,14H2,1H3,(H,21,23). The lowest BCUT2D eigenvalue weighted by molar-refractivity contribution is -0.116. The third-order valence-electron chi connectivity index (χ3n) is 3.60. The second-order valence-corrected chi connectivity index (χ2v) is 5.42. The number of hydrogen-bond donors (Lipinski definition) is 1. The van der Waals surface area contributed by atoms with Gasteiger partial charge in [0, 0.05) is 12.4 Å². The van der Waals surface area contributed by atoms with Crippen LogP contribution in [0.15, 0.2) is 73.1 Å². The highest BCUT2D eigenvalue weighted by molar-refractivity contribution is 5.92. The zero-order valence-electron chi connectivity index (χ0n) is 13.4. The van der Waals surface area contributed by atoms with Gasteiger partial charge in [-0.1, -0.05) is 42.5 Å². The van der Waals surface area contributed by atoms with Crippen LogP contribution >= 0.6 is 0 Å². The lowest BCUT2D eigenvalue weighted by Gasteiger charge is -2.18. The molecule has 0 aliphatic carbocycles. The summed E-state index contributed by atoms with van der Waals surface area (Å²) in [7, 11) is 0. The van der Waals surface area contributed by atoms with Crippen LogP contribution < -0.4 is 10.1 Å². The van der Waals surface area contributed by atoms with Crippen LogP contribution in [0, 0.1) is 0 Å². The first-order chi connectivity index (χ1) is 11.7. The highest BCUT2D eigenvalue weighted by Gasteiger charge is 2.12. The lowest BCUT2D eigenvalue weighted by Crippen LogP contribution is -2.19. The number of carbonyl (C=O) groups excluding carboxylic acids is 1. The number of hydrogen-bond acceptors (Lipinski definition) is 3. The minimum atomic E-state index is -0.151. The topological polar surface area (TPSA) is 56.1 Å². The quantitative estimate of drug-likeness (QED) is 0.754. The van der Waals surface area contributed by atoms with Gasteiger partial charge in [0.2, 0.25) is 5.91 Å². The van der Waals surface area contributed by atoms with E-state index in [1.807, 2.05) is 61.5 Å². The molecule has 0 spiro atoms. The minimum Gasteiger partial charge on any atom is -0.484 e. The Morgan fingerprint density at radius 2 is 1.88 bits per heavy atom. The van der Waals surface area contributed by atoms with E-state index in [9.17, 15) is 4.79 Å². The monoisotopic (exact) mass is 321 g/mol. The van der Waals surface area contributed by atoms with E-state index in [0.29, 0.717) is 11.4 Å². The van der Waals surface area contributed by atoms with Crippen molar-refractivity contribution < 1.29 is 9.53 Å². The van der Waals surface area contributed by atoms with Crippen molar-refractivity contribution in [1.82, 2.24) is 9.78 Å². The number of rotatable bonds is 6. The molecule has 5 heteroatoms. The fourth-order valence-corrected chi connectivity index (χ4v) is 2.39. The fourth-order valence-electron chi connectivity index (χ4n) is 2.39. The molecule has 3 rings (SSSR count). The maximum atomic E-state index is 12.2. The molecule has 5 nitrogen and oxygen atoms in total. The fraction of sp³-hybridized carbons (Fsp3) is 0.158. The molecule has 0 radical (unpaired) electrons. The summed E-state index contributed by atoms with van der Waals surface area (Å²) in [5.74, 6) is 0.491. The van der Waals surface area contributed by atoms with Crippen molar-refractivity contribution in [3.63, 3.8) is 0 Å². The van der Waals surface area contributed by atoms with Gasteiger partial charge in [0.25, 0.3) is 0 Å². The minimum absolute atomic E-state index is 0.115. The first kappa shape index (κ1) is 15.8. The van der Waals surface area contributed by atoms with Crippen LogP contribution in [0.1, 0.15) is 18.6 Å². The summed E-state index contributed by atoms with van der Waals surface area (Å²) in [6, 6.07) is 19.2. The Kier molecular flexibility index (Phi) is 4.91. The molecule has 0 saturated heterocycles. The largest absolute Gasteiger partial charge is 0.484 e. The molecule has 1 amide bonds. The summed E-state index contributed by atoms with van der Waals surface area (Å²) in [6.45, 7) is 2.15. The molecule has 0 aliphatic heterocycles. The molecule has 0 bridgehead atoms. The number of ether oxygens (including phenoxy) is 1. The molecule has 1 aromatic heterocycles. The van der Waals surface area contributed by atoms with Gasteiger partial charge in [-0.15, -0.1) is 0 Å². The van der Waals surface area contributed by atoms with Crippen LogP contribution in [0.3, 0.4) is 0 Å². The van der Waals surface area contributed by atoms with Crippen LogP contribution in [-0.4, -0.2) is 15.7 Å². The second-order valence-electron chi connectivity index (χ2n) is 5.42. The maximum absolute atomic E-state index is 12.2. The van der Waals surface area contributed by atoms with Crippen molar-refractivity contribution in [2.24, 2.45) is 0 Å². The molecular weight excluding hydrogens is 302 g/mol. The van der Waals surface area contributed by atoms with Gasteiger partial charge in [0.15, 0.2) is 0 Å². The summed E-state index contributed by atoms with van der Waals surface area (Å²) < 4.78 is 7.61. The molecule has 24 heavy (non-hydrogen) atoms. The third-order valence-corrected chi connectivity index (χ3v) is 3.60. The van der Waals surface area contributed by atoms with Crippen molar-refractivity contribution in [3.8, 4) is 5.75 Å². The van der Waals surface area contributed by atoms with Gasteiger partial charge in [-0.3, -0.25) is 9.48 Å². The average Bonchev–Trinajstić information content (AvgIpc) is 3.10. The van der Waals surface area contributed by atoms with Crippen LogP contribution in [-0.2, 0) is 11.3 Å². The molecule has 0 saturated carbocycles. The second kappa shape index (κ2) is 7.46. The zero-order chi connectivity index (χ0) is 16.8. The predicted octanol–water partition coefficient (Wildman–Crippen LogP) is 3.66. The molecule has 1 unspecified atom stereocenters. The molecule has 2 aromatic carbocycles. The summed E-state index contributed by atoms with van der Waals surface area (Å²) in [6.07, 6.45) is 3.28. The Morgan fingerprint density at radius 1 is 1.12 bits per heavy atom. The number of carbonyl (C=O) groups is 1. The molecule has 1 atom stereocenters. The molecule has 3 aromatic rings. The van der Waals surface area contributed by atoms with E-state index in [4.69, 9.17) is 4.74 Å². The molecule has 0 aliphatic rings. The highest BCUT2D eigenvalue weighted by Crippen LogP contribution is 2.29. The Bertz CT molecular complexity index is 785. The summed E-state index contributed by atoms with van der Waals surface area (Å²) in [5.41, 5.74) is 1.73. The van der Waals surface area contributed by atoms with E-state index in [1.165, 1.54) is 0 Å². The third kappa shape index (κ3) is 4.01. The van der Waals surface area contributed by atoms with Crippen LogP contribution in [0.5, 0.6) is 5.75 Å². The van der Waals surface area contributed by atoms with E-state index in [1.54, 1.807) is 23.1 Å². The highest BCUT2D eigenvalue weighted by atomic mass is 16.5. The summed E-state index contributed by atoms with van der Waals surface area (Å²) >= 11 is 0. The first-order valence-electron chi connectivity index (χ1n) is 7.80. The molecular formula is C19H19N3O2. The Morgan fingerprint density at radius 3 is 2.62 bits per heavy atom. The predicted molar refractivity (Wildman–Crippen MR) is 92.8 cm³/mol. The number of amides is 1. The zero-order valence-corrected chi connectivity index (χ0v) is 13.4. The molecule has 1 heterocycles. The Balaban J connectivity index is 1.69. The van der Waals surface area contributed by atoms with E-state index in [0.717, 1.165) is 5.56 Å². The number of benzene rings is 2. The van der Waals surface area contributed by atoms with Gasteiger partial charge in [-0.2, -0.15) is 5.10 Å². The molecule has 0 fully saturated rings. The van der Waals surface area contributed by atoms with Crippen molar-refractivity contribution in [1.29, 1.82) is 0 Å². The number of aromatic nitrogens is 2. The SMILES string of the molecule is CC(Oc1ccccc1NC(=O)Cn1cccn1)c1ccccc1. The van der Waals surface area contributed by atoms with Gasteiger partial charge in [-0.25, -0.2) is 0 Å². The van der Waals surface area contributed by atoms with E-state index >= 15 is 0 Å². The van der Waals surface area contributed by atoms with E-state index < -0.39 is 0 Å². The van der Waals surface area contributed by atoms with E-state index in [-0.39, 0.29) is 18.6 Å². The van der Waals surface area contributed by atoms with Crippen molar-refractivity contribution in [2.45, 2.75) is 19.6 Å².